The Labute approximate surface area is 144 Å². The number of carbonyl (C=O) groups excluding carboxylic acids is 1. The van der Waals surface area contributed by atoms with Crippen LogP contribution >= 0.6 is 0 Å². The summed E-state index contributed by atoms with van der Waals surface area (Å²) in [7, 11) is 0. The van der Waals surface area contributed by atoms with Crippen molar-refractivity contribution in [3.05, 3.63) is 35.2 Å². The minimum Gasteiger partial charge on any atom is -0.477 e. The van der Waals surface area contributed by atoms with E-state index in [2.05, 4.69) is 10.3 Å². The molecule has 1 amide bonds. The zero-order valence-corrected chi connectivity index (χ0v) is 13.9. The van der Waals surface area contributed by atoms with Crippen LogP contribution in [0.2, 0.25) is 0 Å². The number of imidazole rings is 1. The van der Waals surface area contributed by atoms with Gasteiger partial charge < -0.3 is 15.2 Å². The SMILES string of the molecule is CC(=O)NCCCOc1nc2c(C)cccn2c1/C=C(\C#N)C(=O)O. The highest BCUT2D eigenvalue weighted by atomic mass is 16.5. The summed E-state index contributed by atoms with van der Waals surface area (Å²) in [5.41, 5.74) is 1.48. The molecule has 2 N–H and O–H groups in total. The van der Waals surface area contributed by atoms with E-state index in [1.54, 1.807) is 22.7 Å². The van der Waals surface area contributed by atoms with Gasteiger partial charge >= 0.3 is 5.97 Å². The van der Waals surface area contributed by atoms with Crippen LogP contribution in [0, 0.1) is 18.3 Å². The number of hydrogen-bond acceptors (Lipinski definition) is 5. The Morgan fingerprint density at radius 3 is 2.92 bits per heavy atom. The van der Waals surface area contributed by atoms with Gasteiger partial charge in [-0.05, 0) is 31.1 Å². The number of ether oxygens (including phenoxy) is 1. The Balaban J connectivity index is 2.33. The van der Waals surface area contributed by atoms with Crippen LogP contribution in [0.25, 0.3) is 11.7 Å². The van der Waals surface area contributed by atoms with Gasteiger partial charge in [-0.25, -0.2) is 4.79 Å². The minimum absolute atomic E-state index is 0.118. The molecular formula is C17H18N4O4. The maximum atomic E-state index is 11.1. The van der Waals surface area contributed by atoms with E-state index in [1.165, 1.54) is 13.0 Å². The molecule has 0 aliphatic heterocycles. The molecule has 2 rings (SSSR count). The summed E-state index contributed by atoms with van der Waals surface area (Å²) in [5, 5.41) is 20.7. The number of carboxylic acids is 1. The van der Waals surface area contributed by atoms with E-state index in [9.17, 15) is 9.59 Å². The van der Waals surface area contributed by atoms with Crippen LogP contribution in [0.5, 0.6) is 5.88 Å². The summed E-state index contributed by atoms with van der Waals surface area (Å²) in [4.78, 5) is 26.4. The summed E-state index contributed by atoms with van der Waals surface area (Å²) in [5.74, 6) is -1.19. The second-order valence-corrected chi connectivity index (χ2v) is 5.35. The van der Waals surface area contributed by atoms with Gasteiger partial charge in [0.25, 0.3) is 0 Å². The number of nitrogens with one attached hydrogen (secondary N) is 1. The largest absolute Gasteiger partial charge is 0.477 e. The molecule has 25 heavy (non-hydrogen) atoms. The molecule has 0 spiro atoms. The zero-order valence-electron chi connectivity index (χ0n) is 13.9. The van der Waals surface area contributed by atoms with Crippen molar-refractivity contribution >= 4 is 23.6 Å². The highest BCUT2D eigenvalue weighted by molar-refractivity contribution is 5.96. The molecule has 2 aromatic rings. The molecule has 0 radical (unpaired) electrons. The third-order valence-electron chi connectivity index (χ3n) is 3.41. The standard InChI is InChI=1S/C17H18N4O4/c1-11-5-3-7-21-14(9-13(10-18)17(23)24)16(20-15(11)21)25-8-4-6-19-12(2)22/h3,5,7,9H,4,6,8H2,1-2H3,(H,19,22)(H,23,24)/b13-9+. The van der Waals surface area contributed by atoms with Gasteiger partial charge in [0.2, 0.25) is 11.8 Å². The first kappa shape index (κ1) is 18.0. The molecule has 0 atom stereocenters. The number of aryl methyl sites for hydroxylation is 1. The number of fused-ring (bicyclic) bond motifs is 1. The van der Waals surface area contributed by atoms with Crippen LogP contribution in [-0.4, -0.2) is 39.5 Å². The first-order valence-electron chi connectivity index (χ1n) is 7.64. The van der Waals surface area contributed by atoms with E-state index >= 15 is 0 Å². The first-order valence-corrected chi connectivity index (χ1v) is 7.64. The quantitative estimate of drug-likeness (QED) is 0.448. The van der Waals surface area contributed by atoms with Crippen LogP contribution in [0.3, 0.4) is 0 Å². The Kier molecular flexibility index (Phi) is 5.74. The van der Waals surface area contributed by atoms with Crippen molar-refractivity contribution in [3.63, 3.8) is 0 Å². The Bertz CT molecular complexity index is 877. The molecular weight excluding hydrogens is 324 g/mol. The number of nitriles is 1. The number of amides is 1. The lowest BCUT2D eigenvalue weighted by Crippen LogP contribution is -2.22. The minimum atomic E-state index is -1.32. The van der Waals surface area contributed by atoms with Crippen LogP contribution in [0.1, 0.15) is 24.6 Å². The van der Waals surface area contributed by atoms with Crippen molar-refractivity contribution in [2.75, 3.05) is 13.2 Å². The normalized spacial score (nSPS) is 11.2. The highest BCUT2D eigenvalue weighted by Crippen LogP contribution is 2.24. The second kappa shape index (κ2) is 7.97. The molecule has 130 valence electrons. The van der Waals surface area contributed by atoms with Crippen LogP contribution in [-0.2, 0) is 9.59 Å². The van der Waals surface area contributed by atoms with E-state index in [-0.39, 0.29) is 11.8 Å². The van der Waals surface area contributed by atoms with Gasteiger partial charge in [-0.3, -0.25) is 9.20 Å². The fourth-order valence-electron chi connectivity index (χ4n) is 2.22. The fourth-order valence-corrected chi connectivity index (χ4v) is 2.22. The summed E-state index contributed by atoms with van der Waals surface area (Å²) in [6, 6.07) is 5.33. The second-order valence-electron chi connectivity index (χ2n) is 5.35. The lowest BCUT2D eigenvalue weighted by molar-refractivity contribution is -0.132. The molecule has 8 nitrogen and oxygen atoms in total. The molecule has 0 aromatic carbocycles. The van der Waals surface area contributed by atoms with Crippen LogP contribution in [0.4, 0.5) is 0 Å². The first-order chi connectivity index (χ1) is 11.9. The van der Waals surface area contributed by atoms with Crippen molar-refractivity contribution in [3.8, 4) is 11.9 Å². The zero-order chi connectivity index (χ0) is 18.4. The highest BCUT2D eigenvalue weighted by Gasteiger charge is 2.16. The molecule has 0 aliphatic rings. The molecule has 2 heterocycles. The molecule has 2 aromatic heterocycles. The number of aromatic nitrogens is 2. The maximum absolute atomic E-state index is 11.1. The number of carbonyl (C=O) groups is 2. The number of pyridine rings is 1. The van der Waals surface area contributed by atoms with Crippen molar-refractivity contribution < 1.29 is 19.4 Å². The summed E-state index contributed by atoms with van der Waals surface area (Å²) < 4.78 is 7.33. The molecule has 0 unspecified atom stereocenters. The van der Waals surface area contributed by atoms with Gasteiger partial charge in [0.05, 0.1) is 6.61 Å². The van der Waals surface area contributed by atoms with Crippen molar-refractivity contribution in [2.24, 2.45) is 0 Å². The summed E-state index contributed by atoms with van der Waals surface area (Å²) in [6.07, 6.45) is 3.53. The number of hydrogen-bond donors (Lipinski definition) is 2. The monoisotopic (exact) mass is 342 g/mol. The Hall–Kier alpha value is -3.34. The van der Waals surface area contributed by atoms with Gasteiger partial charge in [-0.2, -0.15) is 10.2 Å². The van der Waals surface area contributed by atoms with Crippen LogP contribution in [0.15, 0.2) is 23.9 Å². The fraction of sp³-hybridized carbons (Fsp3) is 0.294. The average molecular weight is 342 g/mol. The average Bonchev–Trinajstić information content (AvgIpc) is 2.90. The van der Waals surface area contributed by atoms with E-state index in [1.807, 2.05) is 13.0 Å². The molecule has 0 bridgehead atoms. The number of rotatable bonds is 7. The number of nitrogens with zero attached hydrogens (tertiary/aromatic N) is 3. The van der Waals surface area contributed by atoms with Gasteiger partial charge in [0, 0.05) is 19.7 Å². The third kappa shape index (κ3) is 4.35. The van der Waals surface area contributed by atoms with Gasteiger partial charge in [0.15, 0.2) is 0 Å². The predicted molar refractivity (Wildman–Crippen MR) is 90.0 cm³/mol. The van der Waals surface area contributed by atoms with E-state index < -0.39 is 11.5 Å². The molecule has 0 aliphatic carbocycles. The van der Waals surface area contributed by atoms with Gasteiger partial charge in [0.1, 0.15) is 23.0 Å². The molecule has 0 fully saturated rings. The van der Waals surface area contributed by atoms with Crippen LogP contribution < -0.4 is 10.1 Å². The lowest BCUT2D eigenvalue weighted by atomic mass is 10.2. The molecule has 8 heteroatoms. The molecule has 0 saturated carbocycles. The smallest absolute Gasteiger partial charge is 0.346 e. The van der Waals surface area contributed by atoms with E-state index in [0.717, 1.165) is 5.56 Å². The Morgan fingerprint density at radius 1 is 1.52 bits per heavy atom. The maximum Gasteiger partial charge on any atom is 0.346 e. The van der Waals surface area contributed by atoms with E-state index in [4.69, 9.17) is 15.1 Å². The van der Waals surface area contributed by atoms with Crippen molar-refractivity contribution in [2.45, 2.75) is 20.3 Å². The number of aliphatic carboxylic acids is 1. The summed E-state index contributed by atoms with van der Waals surface area (Å²) in [6.45, 7) is 4.06. The van der Waals surface area contributed by atoms with Gasteiger partial charge in [-0.15, -0.1) is 0 Å². The summed E-state index contributed by atoms with van der Waals surface area (Å²) >= 11 is 0. The molecule has 0 saturated heterocycles. The third-order valence-corrected chi connectivity index (χ3v) is 3.41. The van der Waals surface area contributed by atoms with Crippen molar-refractivity contribution in [1.29, 1.82) is 5.26 Å². The topological polar surface area (TPSA) is 117 Å². The Morgan fingerprint density at radius 2 is 2.28 bits per heavy atom. The van der Waals surface area contributed by atoms with Gasteiger partial charge in [-0.1, -0.05) is 6.07 Å². The lowest BCUT2D eigenvalue weighted by Gasteiger charge is -2.05. The number of carboxylic acid groups (broad SMARTS) is 1. The van der Waals surface area contributed by atoms with E-state index in [0.29, 0.717) is 30.9 Å². The predicted octanol–water partition coefficient (Wildman–Crippen LogP) is 1.54. The van der Waals surface area contributed by atoms with Crippen molar-refractivity contribution in [1.82, 2.24) is 14.7 Å².